The second-order valence-corrected chi connectivity index (χ2v) is 7.50. The second-order valence-electron chi connectivity index (χ2n) is 6.21. The van der Waals surface area contributed by atoms with Crippen molar-refractivity contribution in [3.8, 4) is 11.1 Å². The zero-order valence-electron chi connectivity index (χ0n) is 14.9. The van der Waals surface area contributed by atoms with Crippen molar-refractivity contribution in [1.29, 1.82) is 0 Å². The number of rotatable bonds is 3. The lowest BCUT2D eigenvalue weighted by molar-refractivity contribution is 0.105. The van der Waals surface area contributed by atoms with E-state index in [2.05, 4.69) is 20.2 Å². The van der Waals surface area contributed by atoms with E-state index >= 15 is 0 Å². The molecule has 0 aliphatic carbocycles. The third-order valence-corrected chi connectivity index (χ3v) is 5.75. The average molecular weight is 403 g/mol. The fourth-order valence-corrected chi connectivity index (χ4v) is 4.29. The predicted molar refractivity (Wildman–Crippen MR) is 109 cm³/mol. The summed E-state index contributed by atoms with van der Waals surface area (Å²) in [7, 11) is 0. The number of amides is 1. The number of piperazine rings is 1. The highest BCUT2D eigenvalue weighted by atomic mass is 35.5. The van der Waals surface area contributed by atoms with E-state index < -0.39 is 0 Å². The topological polar surface area (TPSA) is 58.6 Å². The highest BCUT2D eigenvalue weighted by molar-refractivity contribution is 7.17. The summed E-state index contributed by atoms with van der Waals surface area (Å²) in [4.78, 5) is 25.9. The Morgan fingerprint density at radius 3 is 2.63 bits per heavy atom. The number of hydrogen-bond donors (Lipinski definition) is 0. The molecule has 2 aromatic heterocycles. The molecule has 0 spiro atoms. The first-order chi connectivity index (χ1) is 13.2. The monoisotopic (exact) mass is 402 g/mol. The Labute approximate surface area is 166 Å². The van der Waals surface area contributed by atoms with Crippen molar-refractivity contribution in [2.45, 2.75) is 6.92 Å². The predicted octanol–water partition coefficient (Wildman–Crippen LogP) is 4.29. The van der Waals surface area contributed by atoms with Gasteiger partial charge < -0.3 is 14.5 Å². The van der Waals surface area contributed by atoms with Crippen LogP contribution in [0.3, 0.4) is 0 Å². The highest BCUT2D eigenvalue weighted by Crippen LogP contribution is 2.38. The Kier molecular flexibility index (Phi) is 5.13. The first-order valence-electron chi connectivity index (χ1n) is 8.82. The molecule has 4 rings (SSSR count). The summed E-state index contributed by atoms with van der Waals surface area (Å²) >= 11 is 7.64. The van der Waals surface area contributed by atoms with Crippen molar-refractivity contribution in [3.05, 3.63) is 41.0 Å². The van der Waals surface area contributed by atoms with Crippen molar-refractivity contribution in [1.82, 2.24) is 14.9 Å². The molecule has 1 fully saturated rings. The van der Waals surface area contributed by atoms with Crippen LogP contribution in [-0.2, 0) is 4.74 Å². The molecule has 1 saturated heterocycles. The van der Waals surface area contributed by atoms with E-state index in [9.17, 15) is 4.79 Å². The van der Waals surface area contributed by atoms with Crippen LogP contribution >= 0.6 is 22.9 Å². The number of thiophene rings is 1. The van der Waals surface area contributed by atoms with Gasteiger partial charge >= 0.3 is 6.09 Å². The van der Waals surface area contributed by atoms with Gasteiger partial charge in [0.1, 0.15) is 17.0 Å². The first kappa shape index (κ1) is 18.0. The molecule has 1 aromatic carbocycles. The molecule has 3 aromatic rings. The smallest absolute Gasteiger partial charge is 0.409 e. The van der Waals surface area contributed by atoms with Gasteiger partial charge in [-0.05, 0) is 24.6 Å². The molecular formula is C19H19ClN4O2S. The summed E-state index contributed by atoms with van der Waals surface area (Å²) in [5, 5.41) is 3.88. The van der Waals surface area contributed by atoms with Crippen molar-refractivity contribution in [2.24, 2.45) is 0 Å². The van der Waals surface area contributed by atoms with Gasteiger partial charge in [0.2, 0.25) is 0 Å². The van der Waals surface area contributed by atoms with Crippen LogP contribution in [0.2, 0.25) is 5.02 Å². The first-order valence-corrected chi connectivity index (χ1v) is 10.1. The van der Waals surface area contributed by atoms with Crippen LogP contribution in [0.1, 0.15) is 6.92 Å². The Bertz CT molecular complexity index is 952. The molecule has 0 radical (unpaired) electrons. The van der Waals surface area contributed by atoms with Gasteiger partial charge in [-0.1, -0.05) is 23.7 Å². The molecule has 140 valence electrons. The lowest BCUT2D eigenvalue weighted by Gasteiger charge is -2.35. The molecule has 1 aliphatic heterocycles. The zero-order valence-corrected chi connectivity index (χ0v) is 16.5. The molecule has 1 aliphatic rings. The number of carbonyl (C=O) groups is 1. The van der Waals surface area contributed by atoms with Crippen LogP contribution in [-0.4, -0.2) is 53.7 Å². The summed E-state index contributed by atoms with van der Waals surface area (Å²) in [5.74, 6) is 0.912. The van der Waals surface area contributed by atoms with Gasteiger partial charge in [-0.3, -0.25) is 0 Å². The number of hydrogen-bond acceptors (Lipinski definition) is 6. The van der Waals surface area contributed by atoms with Crippen LogP contribution in [0, 0.1) is 0 Å². The lowest BCUT2D eigenvalue weighted by Crippen LogP contribution is -2.49. The van der Waals surface area contributed by atoms with Crippen LogP contribution < -0.4 is 4.90 Å². The number of halogens is 1. The normalized spacial score (nSPS) is 14.6. The van der Waals surface area contributed by atoms with E-state index in [1.807, 2.05) is 31.2 Å². The zero-order chi connectivity index (χ0) is 18.8. The Morgan fingerprint density at radius 1 is 1.19 bits per heavy atom. The molecule has 1 amide bonds. The van der Waals surface area contributed by atoms with Crippen molar-refractivity contribution < 1.29 is 9.53 Å². The third kappa shape index (κ3) is 3.57. The number of aromatic nitrogens is 2. The highest BCUT2D eigenvalue weighted by Gasteiger charge is 2.25. The fraction of sp³-hybridized carbons (Fsp3) is 0.316. The van der Waals surface area contributed by atoms with E-state index in [0.29, 0.717) is 37.8 Å². The number of nitrogens with zero attached hydrogens (tertiary/aromatic N) is 4. The maximum Gasteiger partial charge on any atom is 0.409 e. The molecule has 0 saturated carbocycles. The minimum Gasteiger partial charge on any atom is -0.450 e. The quantitative estimate of drug-likeness (QED) is 0.654. The Hall–Kier alpha value is -2.38. The van der Waals surface area contributed by atoms with Gasteiger partial charge in [-0.15, -0.1) is 11.3 Å². The molecule has 0 N–H and O–H groups in total. The SMILES string of the molecule is CCOC(=O)N1CCN(c2ncnc3scc(-c4ccc(Cl)cc4)c23)CC1. The molecule has 0 bridgehead atoms. The van der Waals surface area contributed by atoms with E-state index in [1.54, 1.807) is 22.6 Å². The summed E-state index contributed by atoms with van der Waals surface area (Å²) in [5.41, 5.74) is 2.20. The molecule has 6 nitrogen and oxygen atoms in total. The Morgan fingerprint density at radius 2 is 1.93 bits per heavy atom. The van der Waals surface area contributed by atoms with Crippen molar-refractivity contribution >= 4 is 45.1 Å². The van der Waals surface area contributed by atoms with E-state index in [-0.39, 0.29) is 6.09 Å². The minimum atomic E-state index is -0.248. The van der Waals surface area contributed by atoms with Crippen LogP contribution in [0.25, 0.3) is 21.3 Å². The number of carbonyl (C=O) groups excluding carboxylic acids is 1. The molecule has 0 unspecified atom stereocenters. The molecule has 8 heteroatoms. The molecular weight excluding hydrogens is 384 g/mol. The number of ether oxygens (including phenoxy) is 1. The van der Waals surface area contributed by atoms with Gasteiger partial charge in [0.25, 0.3) is 0 Å². The third-order valence-electron chi connectivity index (χ3n) is 4.61. The van der Waals surface area contributed by atoms with E-state index in [0.717, 1.165) is 27.2 Å². The van der Waals surface area contributed by atoms with Gasteiger partial charge in [-0.2, -0.15) is 0 Å². The van der Waals surface area contributed by atoms with Gasteiger partial charge in [0, 0.05) is 42.1 Å². The van der Waals surface area contributed by atoms with Crippen molar-refractivity contribution in [2.75, 3.05) is 37.7 Å². The summed E-state index contributed by atoms with van der Waals surface area (Å²) in [6.45, 7) is 4.86. The average Bonchev–Trinajstić information content (AvgIpc) is 3.13. The number of anilines is 1. The number of benzene rings is 1. The molecule has 27 heavy (non-hydrogen) atoms. The largest absolute Gasteiger partial charge is 0.450 e. The number of fused-ring (bicyclic) bond motifs is 1. The Balaban J connectivity index is 1.64. The van der Waals surface area contributed by atoms with Gasteiger partial charge in [-0.25, -0.2) is 14.8 Å². The van der Waals surface area contributed by atoms with Crippen LogP contribution in [0.15, 0.2) is 36.0 Å². The summed E-state index contributed by atoms with van der Waals surface area (Å²) in [6, 6.07) is 7.81. The standard InChI is InChI=1S/C19H19ClN4O2S/c1-2-26-19(25)24-9-7-23(8-10-24)17-16-15(11-27-18(16)22-12-21-17)13-3-5-14(20)6-4-13/h3-6,11-12H,2,7-10H2,1H3. The fourth-order valence-electron chi connectivity index (χ4n) is 3.26. The second kappa shape index (κ2) is 7.70. The minimum absolute atomic E-state index is 0.248. The molecule has 3 heterocycles. The van der Waals surface area contributed by atoms with Crippen molar-refractivity contribution in [3.63, 3.8) is 0 Å². The van der Waals surface area contributed by atoms with E-state index in [4.69, 9.17) is 16.3 Å². The van der Waals surface area contributed by atoms with Gasteiger partial charge in [0.15, 0.2) is 0 Å². The maximum absolute atomic E-state index is 11.9. The van der Waals surface area contributed by atoms with Gasteiger partial charge in [0.05, 0.1) is 12.0 Å². The molecule has 0 atom stereocenters. The lowest BCUT2D eigenvalue weighted by atomic mass is 10.1. The summed E-state index contributed by atoms with van der Waals surface area (Å²) in [6.07, 6.45) is 1.36. The van der Waals surface area contributed by atoms with Crippen LogP contribution in [0.4, 0.5) is 10.6 Å². The van der Waals surface area contributed by atoms with Crippen LogP contribution in [0.5, 0.6) is 0 Å². The van der Waals surface area contributed by atoms with E-state index in [1.165, 1.54) is 0 Å². The summed E-state index contributed by atoms with van der Waals surface area (Å²) < 4.78 is 5.10. The maximum atomic E-state index is 11.9.